The Bertz CT molecular complexity index is 887. The largest absolute Gasteiger partial charge is 0.443 e. The van der Waals surface area contributed by atoms with Crippen LogP contribution >= 0.6 is 0 Å². The summed E-state index contributed by atoms with van der Waals surface area (Å²) < 4.78 is 45.5. The Labute approximate surface area is 145 Å². The molecule has 2 aromatic rings. The lowest BCUT2D eigenvalue weighted by molar-refractivity contribution is 0.143. The number of hydrogen-bond acceptors (Lipinski definition) is 4. The number of aryl methyl sites for hydroxylation is 1. The molecule has 0 saturated carbocycles. The van der Waals surface area contributed by atoms with Crippen molar-refractivity contribution in [3.8, 4) is 0 Å². The summed E-state index contributed by atoms with van der Waals surface area (Å²) in [7, 11) is -3.82. The number of benzene rings is 2. The molecule has 1 fully saturated rings. The van der Waals surface area contributed by atoms with E-state index in [1.165, 1.54) is 17.9 Å². The van der Waals surface area contributed by atoms with Crippen molar-refractivity contribution in [2.24, 2.45) is 0 Å². The standard InChI is InChI=1S/C17H17FN2O4S/c1-12-9-13(18)7-8-16(12)25(22,23)19-10-15-11-20(17(21)24-15)14-5-3-2-4-6-14/h2-9,15,19H,10-11H2,1H3. The first kappa shape index (κ1) is 17.4. The van der Waals surface area contributed by atoms with E-state index in [0.29, 0.717) is 11.3 Å². The average molecular weight is 364 g/mol. The minimum absolute atomic E-state index is 0.00172. The Morgan fingerprint density at radius 3 is 2.64 bits per heavy atom. The fourth-order valence-corrected chi connectivity index (χ4v) is 3.93. The van der Waals surface area contributed by atoms with E-state index >= 15 is 0 Å². The predicted molar refractivity (Wildman–Crippen MR) is 90.4 cm³/mol. The quantitative estimate of drug-likeness (QED) is 0.884. The average Bonchev–Trinajstić information content (AvgIpc) is 2.94. The molecule has 0 aliphatic carbocycles. The third-order valence-electron chi connectivity index (χ3n) is 3.87. The van der Waals surface area contributed by atoms with Gasteiger partial charge in [0.1, 0.15) is 11.9 Å². The number of ether oxygens (including phenoxy) is 1. The minimum Gasteiger partial charge on any atom is -0.443 e. The van der Waals surface area contributed by atoms with Crippen LogP contribution in [0.4, 0.5) is 14.9 Å². The smallest absolute Gasteiger partial charge is 0.414 e. The lowest BCUT2D eigenvalue weighted by Gasteiger charge is -2.13. The topological polar surface area (TPSA) is 75.7 Å². The molecule has 132 valence electrons. The number of rotatable bonds is 5. The van der Waals surface area contributed by atoms with Gasteiger partial charge in [-0.1, -0.05) is 18.2 Å². The molecular formula is C17H17FN2O4S. The van der Waals surface area contributed by atoms with Crippen LogP contribution in [0.25, 0.3) is 0 Å². The zero-order valence-corrected chi connectivity index (χ0v) is 14.3. The molecule has 25 heavy (non-hydrogen) atoms. The lowest BCUT2D eigenvalue weighted by atomic mass is 10.2. The molecule has 1 amide bonds. The van der Waals surface area contributed by atoms with Gasteiger partial charge in [-0.15, -0.1) is 0 Å². The fourth-order valence-electron chi connectivity index (χ4n) is 2.64. The summed E-state index contributed by atoms with van der Waals surface area (Å²) >= 11 is 0. The van der Waals surface area contributed by atoms with E-state index in [9.17, 15) is 17.6 Å². The van der Waals surface area contributed by atoms with Crippen molar-refractivity contribution in [1.82, 2.24) is 4.72 Å². The van der Waals surface area contributed by atoms with Crippen molar-refractivity contribution < 1.29 is 22.3 Å². The molecule has 1 atom stereocenters. The van der Waals surface area contributed by atoms with E-state index in [4.69, 9.17) is 4.74 Å². The van der Waals surface area contributed by atoms with Gasteiger partial charge in [-0.3, -0.25) is 4.90 Å². The van der Waals surface area contributed by atoms with Crippen molar-refractivity contribution in [3.05, 3.63) is 59.9 Å². The van der Waals surface area contributed by atoms with Crippen molar-refractivity contribution in [3.63, 3.8) is 0 Å². The summed E-state index contributed by atoms with van der Waals surface area (Å²) in [5, 5.41) is 0. The van der Waals surface area contributed by atoms with Gasteiger partial charge in [-0.05, 0) is 42.8 Å². The SMILES string of the molecule is Cc1cc(F)ccc1S(=O)(=O)NCC1CN(c2ccccc2)C(=O)O1. The summed E-state index contributed by atoms with van der Waals surface area (Å²) in [6.45, 7) is 1.70. The molecule has 1 unspecified atom stereocenters. The second kappa shape index (κ2) is 6.81. The van der Waals surface area contributed by atoms with E-state index in [2.05, 4.69) is 4.72 Å². The second-order valence-corrected chi connectivity index (χ2v) is 7.45. The van der Waals surface area contributed by atoms with Gasteiger partial charge in [0, 0.05) is 12.2 Å². The molecule has 8 heteroatoms. The summed E-state index contributed by atoms with van der Waals surface area (Å²) in [5.74, 6) is -0.500. The highest BCUT2D eigenvalue weighted by atomic mass is 32.2. The summed E-state index contributed by atoms with van der Waals surface area (Å²) in [4.78, 5) is 13.4. The first-order valence-corrected chi connectivity index (χ1v) is 9.14. The van der Waals surface area contributed by atoms with E-state index in [1.807, 2.05) is 6.07 Å². The van der Waals surface area contributed by atoms with E-state index in [-0.39, 0.29) is 18.0 Å². The van der Waals surface area contributed by atoms with Gasteiger partial charge >= 0.3 is 6.09 Å². The van der Waals surface area contributed by atoms with Crippen LogP contribution in [0.3, 0.4) is 0 Å². The number of anilines is 1. The van der Waals surface area contributed by atoms with Crippen LogP contribution < -0.4 is 9.62 Å². The first-order valence-electron chi connectivity index (χ1n) is 7.66. The zero-order chi connectivity index (χ0) is 18.0. The molecule has 1 heterocycles. The van der Waals surface area contributed by atoms with Gasteiger partial charge in [0.15, 0.2) is 0 Å². The van der Waals surface area contributed by atoms with Gasteiger partial charge in [0.25, 0.3) is 0 Å². The Kier molecular flexibility index (Phi) is 4.73. The number of hydrogen-bond donors (Lipinski definition) is 1. The number of carbonyl (C=O) groups excluding carboxylic acids is 1. The molecule has 1 aliphatic rings. The van der Waals surface area contributed by atoms with Crippen LogP contribution in [0, 0.1) is 12.7 Å². The maximum absolute atomic E-state index is 13.1. The number of carbonyl (C=O) groups is 1. The van der Waals surface area contributed by atoms with Crippen LogP contribution in [0.2, 0.25) is 0 Å². The summed E-state index contributed by atoms with van der Waals surface area (Å²) in [6, 6.07) is 12.4. The fraction of sp³-hybridized carbons (Fsp3) is 0.235. The van der Waals surface area contributed by atoms with Gasteiger partial charge in [0.2, 0.25) is 10.0 Å². The number of halogens is 1. The number of para-hydroxylation sites is 1. The van der Waals surface area contributed by atoms with E-state index in [0.717, 1.165) is 12.1 Å². The normalized spacial score (nSPS) is 17.6. The third-order valence-corrected chi connectivity index (χ3v) is 5.45. The van der Waals surface area contributed by atoms with Crippen LogP contribution in [-0.2, 0) is 14.8 Å². The number of cyclic esters (lactones) is 1. The van der Waals surface area contributed by atoms with Crippen molar-refractivity contribution in [1.29, 1.82) is 0 Å². The minimum atomic E-state index is -3.82. The monoisotopic (exact) mass is 364 g/mol. The predicted octanol–water partition coefficient (Wildman–Crippen LogP) is 2.44. The molecule has 1 N–H and O–H groups in total. The Morgan fingerprint density at radius 1 is 1.24 bits per heavy atom. The molecule has 3 rings (SSSR count). The highest BCUT2D eigenvalue weighted by Crippen LogP contribution is 2.21. The first-order chi connectivity index (χ1) is 11.9. The number of sulfonamides is 1. The zero-order valence-electron chi connectivity index (χ0n) is 13.5. The molecule has 0 aromatic heterocycles. The highest BCUT2D eigenvalue weighted by Gasteiger charge is 2.33. The van der Waals surface area contributed by atoms with Crippen molar-refractivity contribution in [2.75, 3.05) is 18.0 Å². The van der Waals surface area contributed by atoms with E-state index in [1.54, 1.807) is 24.3 Å². The lowest BCUT2D eigenvalue weighted by Crippen LogP contribution is -2.35. The second-order valence-electron chi connectivity index (χ2n) is 5.71. The number of amides is 1. The molecule has 2 aromatic carbocycles. The summed E-state index contributed by atoms with van der Waals surface area (Å²) in [6.07, 6.45) is -1.13. The number of nitrogens with zero attached hydrogens (tertiary/aromatic N) is 1. The Morgan fingerprint density at radius 2 is 1.96 bits per heavy atom. The summed E-state index contributed by atoms with van der Waals surface area (Å²) in [5.41, 5.74) is 0.995. The van der Waals surface area contributed by atoms with Crippen LogP contribution in [0.15, 0.2) is 53.4 Å². The maximum atomic E-state index is 13.1. The van der Waals surface area contributed by atoms with Gasteiger partial charge in [-0.25, -0.2) is 22.3 Å². The van der Waals surface area contributed by atoms with Gasteiger partial charge < -0.3 is 4.74 Å². The molecular weight excluding hydrogens is 347 g/mol. The van der Waals surface area contributed by atoms with Gasteiger partial charge in [0.05, 0.1) is 11.4 Å². The van der Waals surface area contributed by atoms with Crippen LogP contribution in [0.1, 0.15) is 5.56 Å². The molecule has 1 aliphatic heterocycles. The molecule has 0 radical (unpaired) electrons. The van der Waals surface area contributed by atoms with Crippen molar-refractivity contribution >= 4 is 21.8 Å². The molecule has 0 spiro atoms. The molecule has 6 nitrogen and oxygen atoms in total. The number of nitrogens with one attached hydrogen (secondary N) is 1. The van der Waals surface area contributed by atoms with Crippen LogP contribution in [0.5, 0.6) is 0 Å². The molecule has 1 saturated heterocycles. The highest BCUT2D eigenvalue weighted by molar-refractivity contribution is 7.89. The van der Waals surface area contributed by atoms with Gasteiger partial charge in [-0.2, -0.15) is 0 Å². The van der Waals surface area contributed by atoms with E-state index < -0.39 is 28.0 Å². The van der Waals surface area contributed by atoms with Crippen LogP contribution in [-0.4, -0.2) is 33.7 Å². The third kappa shape index (κ3) is 3.80. The molecule has 0 bridgehead atoms. The Hall–Kier alpha value is -2.45. The maximum Gasteiger partial charge on any atom is 0.414 e. The Balaban J connectivity index is 1.67. The van der Waals surface area contributed by atoms with Crippen molar-refractivity contribution in [2.45, 2.75) is 17.9 Å².